The number of aryl methyl sites for hydroxylation is 1. The predicted molar refractivity (Wildman–Crippen MR) is 86.1 cm³/mol. The molecule has 0 bridgehead atoms. The van der Waals surface area contributed by atoms with E-state index < -0.39 is 0 Å². The third kappa shape index (κ3) is 4.39. The number of hydrogen-bond donors (Lipinski definition) is 1. The van der Waals surface area contributed by atoms with E-state index in [1.807, 2.05) is 18.0 Å². The molecule has 0 spiro atoms. The molecule has 3 nitrogen and oxygen atoms in total. The average Bonchev–Trinajstić information content (AvgIpc) is 2.79. The first-order valence-electron chi connectivity index (χ1n) is 7.09. The largest absolute Gasteiger partial charge is 0.310 e. The number of benzene rings is 1. The van der Waals surface area contributed by atoms with Crippen molar-refractivity contribution >= 4 is 11.8 Å². The van der Waals surface area contributed by atoms with Gasteiger partial charge >= 0.3 is 0 Å². The Balaban J connectivity index is 1.84. The number of rotatable bonds is 7. The highest BCUT2D eigenvalue weighted by Gasteiger charge is 2.06. The molecular formula is C16H23N3S. The van der Waals surface area contributed by atoms with E-state index in [4.69, 9.17) is 0 Å². The summed E-state index contributed by atoms with van der Waals surface area (Å²) in [5.74, 6) is 1.05. The standard InChI is InChI=1S/C16H23N3S/c1-13(2)17-11-15-12-18-19(14(15)3)9-10-20-16-7-5-4-6-8-16/h4-8,12-13,17H,9-11H2,1-3H3. The summed E-state index contributed by atoms with van der Waals surface area (Å²) in [5.41, 5.74) is 2.57. The van der Waals surface area contributed by atoms with E-state index in [1.165, 1.54) is 16.2 Å². The molecule has 1 N–H and O–H groups in total. The van der Waals surface area contributed by atoms with Crippen molar-refractivity contribution in [1.29, 1.82) is 0 Å². The lowest BCUT2D eigenvalue weighted by atomic mass is 10.2. The van der Waals surface area contributed by atoms with Crippen molar-refractivity contribution in [3.63, 3.8) is 0 Å². The van der Waals surface area contributed by atoms with Crippen molar-refractivity contribution in [2.24, 2.45) is 0 Å². The van der Waals surface area contributed by atoms with E-state index in [9.17, 15) is 0 Å². The first-order valence-corrected chi connectivity index (χ1v) is 8.08. The highest BCUT2D eigenvalue weighted by atomic mass is 32.2. The van der Waals surface area contributed by atoms with Crippen molar-refractivity contribution in [2.75, 3.05) is 5.75 Å². The molecule has 0 aliphatic rings. The second-order valence-corrected chi connectivity index (χ2v) is 6.34. The van der Waals surface area contributed by atoms with Crippen LogP contribution in [-0.4, -0.2) is 21.6 Å². The van der Waals surface area contributed by atoms with Crippen molar-refractivity contribution in [3.8, 4) is 0 Å². The lowest BCUT2D eigenvalue weighted by Gasteiger charge is -2.08. The maximum absolute atomic E-state index is 4.49. The third-order valence-electron chi connectivity index (χ3n) is 3.22. The Morgan fingerprint density at radius 3 is 2.70 bits per heavy atom. The number of aromatic nitrogens is 2. The van der Waals surface area contributed by atoms with Gasteiger partial charge in [0.05, 0.1) is 12.7 Å². The van der Waals surface area contributed by atoms with Gasteiger partial charge in [0.1, 0.15) is 0 Å². The Bertz CT molecular complexity index is 520. The summed E-state index contributed by atoms with van der Waals surface area (Å²) in [6, 6.07) is 11.0. The number of hydrogen-bond acceptors (Lipinski definition) is 3. The molecule has 1 heterocycles. The van der Waals surface area contributed by atoms with Crippen molar-refractivity contribution < 1.29 is 0 Å². The zero-order chi connectivity index (χ0) is 14.4. The molecule has 0 fully saturated rings. The molecule has 0 saturated heterocycles. The van der Waals surface area contributed by atoms with Crippen LogP contribution in [0.4, 0.5) is 0 Å². The van der Waals surface area contributed by atoms with E-state index in [0.29, 0.717) is 6.04 Å². The van der Waals surface area contributed by atoms with Crippen LogP contribution in [0.25, 0.3) is 0 Å². The Morgan fingerprint density at radius 1 is 1.25 bits per heavy atom. The van der Waals surface area contributed by atoms with Crippen LogP contribution < -0.4 is 5.32 Å². The monoisotopic (exact) mass is 289 g/mol. The molecule has 0 unspecified atom stereocenters. The first kappa shape index (κ1) is 15.1. The maximum Gasteiger partial charge on any atom is 0.0537 e. The van der Waals surface area contributed by atoms with E-state index in [2.05, 4.69) is 66.2 Å². The molecule has 0 aliphatic carbocycles. The molecule has 0 atom stereocenters. The molecule has 20 heavy (non-hydrogen) atoms. The molecule has 2 aromatic rings. The molecule has 0 saturated carbocycles. The minimum Gasteiger partial charge on any atom is -0.310 e. The van der Waals surface area contributed by atoms with Crippen LogP contribution in [0.15, 0.2) is 41.4 Å². The Labute approximate surface area is 125 Å². The lowest BCUT2D eigenvalue weighted by molar-refractivity contribution is 0.584. The van der Waals surface area contributed by atoms with Gasteiger partial charge in [0, 0.05) is 34.5 Å². The molecule has 1 aromatic carbocycles. The topological polar surface area (TPSA) is 29.9 Å². The fourth-order valence-corrected chi connectivity index (χ4v) is 2.81. The van der Waals surface area contributed by atoms with Crippen LogP contribution in [0.1, 0.15) is 25.1 Å². The minimum atomic E-state index is 0.506. The lowest BCUT2D eigenvalue weighted by Crippen LogP contribution is -2.22. The predicted octanol–water partition coefficient (Wildman–Crippen LogP) is 3.48. The van der Waals surface area contributed by atoms with Crippen LogP contribution >= 0.6 is 11.8 Å². The van der Waals surface area contributed by atoms with Crippen LogP contribution in [0.2, 0.25) is 0 Å². The van der Waals surface area contributed by atoms with Gasteiger partial charge in [-0.05, 0) is 19.1 Å². The first-order chi connectivity index (χ1) is 9.66. The minimum absolute atomic E-state index is 0.506. The van der Waals surface area contributed by atoms with Crippen molar-refractivity contribution in [2.45, 2.75) is 44.8 Å². The Hall–Kier alpha value is -1.26. The highest BCUT2D eigenvalue weighted by Crippen LogP contribution is 2.17. The zero-order valence-corrected chi connectivity index (χ0v) is 13.3. The van der Waals surface area contributed by atoms with Crippen molar-refractivity contribution in [3.05, 3.63) is 47.8 Å². The molecule has 4 heteroatoms. The summed E-state index contributed by atoms with van der Waals surface area (Å²) in [4.78, 5) is 1.32. The summed E-state index contributed by atoms with van der Waals surface area (Å²) >= 11 is 1.88. The quantitative estimate of drug-likeness (QED) is 0.791. The molecule has 1 aromatic heterocycles. The Morgan fingerprint density at radius 2 is 2.00 bits per heavy atom. The highest BCUT2D eigenvalue weighted by molar-refractivity contribution is 7.99. The number of nitrogens with one attached hydrogen (secondary N) is 1. The normalized spacial score (nSPS) is 11.2. The summed E-state index contributed by atoms with van der Waals surface area (Å²) in [6.45, 7) is 8.33. The molecular weight excluding hydrogens is 266 g/mol. The van der Waals surface area contributed by atoms with Gasteiger partial charge in [-0.2, -0.15) is 5.10 Å². The van der Waals surface area contributed by atoms with Crippen LogP contribution in [-0.2, 0) is 13.1 Å². The van der Waals surface area contributed by atoms with E-state index >= 15 is 0 Å². The van der Waals surface area contributed by atoms with Gasteiger partial charge in [0.2, 0.25) is 0 Å². The van der Waals surface area contributed by atoms with Gasteiger partial charge in [-0.25, -0.2) is 0 Å². The summed E-state index contributed by atoms with van der Waals surface area (Å²) in [5, 5.41) is 7.93. The third-order valence-corrected chi connectivity index (χ3v) is 4.21. The second kappa shape index (κ2) is 7.50. The molecule has 0 radical (unpaired) electrons. The van der Waals surface area contributed by atoms with Gasteiger partial charge in [-0.3, -0.25) is 4.68 Å². The van der Waals surface area contributed by atoms with Gasteiger partial charge in [-0.15, -0.1) is 11.8 Å². The smallest absolute Gasteiger partial charge is 0.0537 e. The fourth-order valence-electron chi connectivity index (χ4n) is 1.96. The van der Waals surface area contributed by atoms with Crippen LogP contribution in [0.3, 0.4) is 0 Å². The summed E-state index contributed by atoms with van der Waals surface area (Å²) < 4.78 is 2.10. The van der Waals surface area contributed by atoms with Gasteiger partial charge in [0.25, 0.3) is 0 Å². The van der Waals surface area contributed by atoms with E-state index in [-0.39, 0.29) is 0 Å². The van der Waals surface area contributed by atoms with E-state index in [1.54, 1.807) is 0 Å². The SMILES string of the molecule is Cc1c(CNC(C)C)cnn1CCSc1ccccc1. The molecule has 0 amide bonds. The van der Waals surface area contributed by atoms with Gasteiger partial charge in [0.15, 0.2) is 0 Å². The summed E-state index contributed by atoms with van der Waals surface area (Å²) in [7, 11) is 0. The number of thioether (sulfide) groups is 1. The summed E-state index contributed by atoms with van der Waals surface area (Å²) in [6.07, 6.45) is 1.98. The van der Waals surface area contributed by atoms with Gasteiger partial charge < -0.3 is 5.32 Å². The fraction of sp³-hybridized carbons (Fsp3) is 0.438. The average molecular weight is 289 g/mol. The molecule has 108 valence electrons. The van der Waals surface area contributed by atoms with E-state index in [0.717, 1.165) is 18.8 Å². The zero-order valence-electron chi connectivity index (χ0n) is 12.5. The Kier molecular flexibility index (Phi) is 5.68. The van der Waals surface area contributed by atoms with Crippen LogP contribution in [0, 0.1) is 6.92 Å². The van der Waals surface area contributed by atoms with Gasteiger partial charge in [-0.1, -0.05) is 32.0 Å². The van der Waals surface area contributed by atoms with Crippen LogP contribution in [0.5, 0.6) is 0 Å². The van der Waals surface area contributed by atoms with Crippen molar-refractivity contribution in [1.82, 2.24) is 15.1 Å². The maximum atomic E-state index is 4.49. The number of nitrogens with zero attached hydrogens (tertiary/aromatic N) is 2. The molecule has 2 rings (SSSR count). The molecule has 0 aliphatic heterocycles. The second-order valence-electron chi connectivity index (χ2n) is 5.18.